The number of ketones is 1. The lowest BCUT2D eigenvalue weighted by Gasteiger charge is -2.10. The van der Waals surface area contributed by atoms with E-state index in [1.165, 1.54) is 6.08 Å². The van der Waals surface area contributed by atoms with E-state index in [2.05, 4.69) is 5.32 Å². The molecular formula is C17H15NO3. The number of carbonyl (C=O) groups excluding carboxylic acids is 2. The molecule has 106 valence electrons. The number of nitrogens with one attached hydrogen (secondary N) is 1. The van der Waals surface area contributed by atoms with Crippen LogP contribution < -0.4 is 5.32 Å². The van der Waals surface area contributed by atoms with Crippen LogP contribution in [-0.2, 0) is 4.79 Å². The van der Waals surface area contributed by atoms with Gasteiger partial charge in [0.1, 0.15) is 0 Å². The van der Waals surface area contributed by atoms with Crippen molar-refractivity contribution in [3.05, 3.63) is 77.9 Å². The summed E-state index contributed by atoms with van der Waals surface area (Å²) in [6.07, 6.45) is 1.33. The van der Waals surface area contributed by atoms with E-state index in [1.807, 2.05) is 30.3 Å². The number of aliphatic hydroxyl groups excluding tert-OH is 1. The highest BCUT2D eigenvalue weighted by Crippen LogP contribution is 2.03. The van der Waals surface area contributed by atoms with E-state index in [-0.39, 0.29) is 0 Å². The van der Waals surface area contributed by atoms with Crippen LogP contribution in [0.4, 0.5) is 0 Å². The van der Waals surface area contributed by atoms with Crippen LogP contribution in [0.15, 0.2) is 66.7 Å². The lowest BCUT2D eigenvalue weighted by Crippen LogP contribution is -2.39. The van der Waals surface area contributed by atoms with E-state index in [0.29, 0.717) is 5.56 Å². The summed E-state index contributed by atoms with van der Waals surface area (Å²) >= 11 is 0. The molecule has 0 radical (unpaired) electrons. The van der Waals surface area contributed by atoms with Gasteiger partial charge in [-0.2, -0.15) is 0 Å². The van der Waals surface area contributed by atoms with Crippen molar-refractivity contribution in [3.8, 4) is 0 Å². The molecule has 2 aromatic rings. The van der Waals surface area contributed by atoms with Crippen LogP contribution in [0.1, 0.15) is 15.9 Å². The number of hydrogen-bond donors (Lipinski definition) is 2. The number of amides is 1. The van der Waals surface area contributed by atoms with Crippen LogP contribution in [0.3, 0.4) is 0 Å². The molecule has 1 amide bonds. The molecule has 2 rings (SSSR count). The third kappa shape index (κ3) is 4.40. The van der Waals surface area contributed by atoms with Gasteiger partial charge in [0.25, 0.3) is 0 Å². The van der Waals surface area contributed by atoms with E-state index in [4.69, 9.17) is 0 Å². The SMILES string of the molecule is O=C(C=Cc1ccccc1)NC(O)C(=O)c1ccccc1. The average Bonchev–Trinajstić information content (AvgIpc) is 2.54. The molecule has 0 saturated carbocycles. The molecule has 0 fully saturated rings. The Balaban J connectivity index is 1.93. The minimum absolute atomic E-state index is 0.345. The third-order valence-electron chi connectivity index (χ3n) is 2.81. The summed E-state index contributed by atoms with van der Waals surface area (Å²) in [7, 11) is 0. The van der Waals surface area contributed by atoms with Gasteiger partial charge in [0.15, 0.2) is 6.23 Å². The molecule has 0 aromatic heterocycles. The first-order chi connectivity index (χ1) is 10.2. The topological polar surface area (TPSA) is 66.4 Å². The Labute approximate surface area is 122 Å². The number of Topliss-reactive ketones (excluding diaryl/α,β-unsaturated/α-hetero) is 1. The Morgan fingerprint density at radius 1 is 0.952 bits per heavy atom. The second-order valence-electron chi connectivity index (χ2n) is 4.39. The lowest BCUT2D eigenvalue weighted by molar-refractivity contribution is -0.118. The maximum Gasteiger partial charge on any atom is 0.246 e. The Bertz CT molecular complexity index is 636. The number of benzene rings is 2. The maximum absolute atomic E-state index is 11.9. The van der Waals surface area contributed by atoms with Crippen LogP contribution in [0.25, 0.3) is 6.08 Å². The van der Waals surface area contributed by atoms with E-state index < -0.39 is 17.9 Å². The first-order valence-electron chi connectivity index (χ1n) is 6.48. The van der Waals surface area contributed by atoms with Crippen molar-refractivity contribution < 1.29 is 14.7 Å². The number of hydrogen-bond acceptors (Lipinski definition) is 3. The summed E-state index contributed by atoms with van der Waals surface area (Å²) in [4.78, 5) is 23.5. The van der Waals surface area contributed by atoms with Gasteiger partial charge >= 0.3 is 0 Å². The predicted molar refractivity (Wildman–Crippen MR) is 80.4 cm³/mol. The monoisotopic (exact) mass is 281 g/mol. The Kier molecular flexibility index (Phi) is 5.01. The zero-order chi connectivity index (χ0) is 15.1. The molecule has 21 heavy (non-hydrogen) atoms. The van der Waals surface area contributed by atoms with Gasteiger partial charge in [-0.05, 0) is 11.6 Å². The van der Waals surface area contributed by atoms with Crippen molar-refractivity contribution in [2.45, 2.75) is 6.23 Å². The summed E-state index contributed by atoms with van der Waals surface area (Å²) in [5.41, 5.74) is 1.20. The molecule has 2 aromatic carbocycles. The Morgan fingerprint density at radius 3 is 2.14 bits per heavy atom. The van der Waals surface area contributed by atoms with Crippen LogP contribution in [0.2, 0.25) is 0 Å². The van der Waals surface area contributed by atoms with Crippen molar-refractivity contribution in [1.82, 2.24) is 5.32 Å². The van der Waals surface area contributed by atoms with Crippen LogP contribution in [0, 0.1) is 0 Å². The first-order valence-corrected chi connectivity index (χ1v) is 6.48. The largest absolute Gasteiger partial charge is 0.367 e. The van der Waals surface area contributed by atoms with Crippen LogP contribution >= 0.6 is 0 Å². The molecule has 4 heteroatoms. The van der Waals surface area contributed by atoms with Crippen molar-refractivity contribution in [3.63, 3.8) is 0 Å². The second-order valence-corrected chi connectivity index (χ2v) is 4.39. The first kappa shape index (κ1) is 14.7. The van der Waals surface area contributed by atoms with Gasteiger partial charge in [0.05, 0.1) is 0 Å². The van der Waals surface area contributed by atoms with Crippen molar-refractivity contribution in [1.29, 1.82) is 0 Å². The van der Waals surface area contributed by atoms with E-state index in [9.17, 15) is 14.7 Å². The molecule has 1 atom stereocenters. The van der Waals surface area contributed by atoms with E-state index >= 15 is 0 Å². The molecule has 1 unspecified atom stereocenters. The molecular weight excluding hydrogens is 266 g/mol. The van der Waals surface area contributed by atoms with E-state index in [0.717, 1.165) is 5.56 Å². The van der Waals surface area contributed by atoms with Crippen molar-refractivity contribution in [2.75, 3.05) is 0 Å². The fraction of sp³-hybridized carbons (Fsp3) is 0.0588. The molecule has 0 aliphatic rings. The molecule has 0 bridgehead atoms. The number of carbonyl (C=O) groups is 2. The fourth-order valence-electron chi connectivity index (χ4n) is 1.74. The van der Waals surface area contributed by atoms with Crippen molar-refractivity contribution >= 4 is 17.8 Å². The highest BCUT2D eigenvalue weighted by Gasteiger charge is 2.17. The molecule has 0 aliphatic heterocycles. The normalized spacial score (nSPS) is 12.0. The van der Waals surface area contributed by atoms with Gasteiger partial charge in [0.2, 0.25) is 11.7 Å². The standard InChI is InChI=1S/C17H15NO3/c19-15(12-11-13-7-3-1-4-8-13)18-17(21)16(20)14-9-5-2-6-10-14/h1-12,17,21H,(H,18,19). The molecule has 0 heterocycles. The minimum Gasteiger partial charge on any atom is -0.367 e. The minimum atomic E-state index is -1.56. The smallest absolute Gasteiger partial charge is 0.246 e. The summed E-state index contributed by atoms with van der Waals surface area (Å²) in [6, 6.07) is 17.6. The zero-order valence-corrected chi connectivity index (χ0v) is 11.3. The maximum atomic E-state index is 11.9. The Morgan fingerprint density at radius 2 is 1.52 bits per heavy atom. The van der Waals surface area contributed by atoms with E-state index in [1.54, 1.807) is 36.4 Å². The van der Waals surface area contributed by atoms with Gasteiger partial charge in [-0.15, -0.1) is 0 Å². The van der Waals surface area contributed by atoms with Gasteiger partial charge in [-0.25, -0.2) is 0 Å². The lowest BCUT2D eigenvalue weighted by atomic mass is 10.1. The van der Waals surface area contributed by atoms with Gasteiger partial charge < -0.3 is 10.4 Å². The molecule has 4 nitrogen and oxygen atoms in total. The summed E-state index contributed by atoms with van der Waals surface area (Å²) in [5, 5.41) is 12.0. The highest BCUT2D eigenvalue weighted by molar-refractivity contribution is 6.02. The zero-order valence-electron chi connectivity index (χ0n) is 11.3. The summed E-state index contributed by atoms with van der Waals surface area (Å²) in [5.74, 6) is -1.08. The van der Waals surface area contributed by atoms with Gasteiger partial charge in [-0.1, -0.05) is 60.7 Å². The van der Waals surface area contributed by atoms with Crippen LogP contribution in [0.5, 0.6) is 0 Å². The van der Waals surface area contributed by atoms with Crippen molar-refractivity contribution in [2.24, 2.45) is 0 Å². The average molecular weight is 281 g/mol. The second kappa shape index (κ2) is 7.17. The molecule has 0 spiro atoms. The van der Waals surface area contributed by atoms with Gasteiger partial charge in [-0.3, -0.25) is 9.59 Å². The van der Waals surface area contributed by atoms with Crippen LogP contribution in [-0.4, -0.2) is 23.0 Å². The predicted octanol–water partition coefficient (Wildman–Crippen LogP) is 2.02. The molecule has 2 N–H and O–H groups in total. The number of rotatable bonds is 5. The summed E-state index contributed by atoms with van der Waals surface area (Å²) in [6.45, 7) is 0. The molecule has 0 saturated heterocycles. The fourth-order valence-corrected chi connectivity index (χ4v) is 1.74. The molecule has 0 aliphatic carbocycles. The quantitative estimate of drug-likeness (QED) is 0.500. The number of aliphatic hydroxyl groups is 1. The highest BCUT2D eigenvalue weighted by atomic mass is 16.3. The Hall–Kier alpha value is -2.72. The van der Waals surface area contributed by atoms with Gasteiger partial charge in [0, 0.05) is 11.6 Å². The summed E-state index contributed by atoms with van der Waals surface area (Å²) < 4.78 is 0. The third-order valence-corrected chi connectivity index (χ3v) is 2.81.